The number of ether oxygens (including phenoxy) is 2. The van der Waals surface area contributed by atoms with Crippen LogP contribution in [-0.2, 0) is 28.8 Å². The minimum Gasteiger partial charge on any atom is -0.497 e. The molecule has 0 fully saturated rings. The minimum atomic E-state index is -0.416. The van der Waals surface area contributed by atoms with Crippen LogP contribution in [0.5, 0.6) is 5.75 Å². The molecule has 0 atom stereocenters. The maximum Gasteiger partial charge on any atom is 0.341 e. The van der Waals surface area contributed by atoms with Crippen LogP contribution in [-0.4, -0.2) is 25.6 Å². The Bertz CT molecular complexity index is 1120. The monoisotopic (exact) mass is 449 g/mol. The van der Waals surface area contributed by atoms with Crippen LogP contribution in [0.3, 0.4) is 0 Å². The first-order valence-corrected chi connectivity index (χ1v) is 11.8. The molecule has 0 unspecified atom stereocenters. The van der Waals surface area contributed by atoms with Crippen LogP contribution in [0.4, 0.5) is 5.00 Å². The number of aryl methyl sites for hydroxylation is 2. The molecule has 4 rings (SSSR count). The van der Waals surface area contributed by atoms with E-state index < -0.39 is 5.97 Å². The summed E-state index contributed by atoms with van der Waals surface area (Å²) in [6.45, 7) is 2.06. The van der Waals surface area contributed by atoms with Gasteiger partial charge in [0.15, 0.2) is 0 Å². The molecular weight excluding hydrogens is 422 g/mol. The van der Waals surface area contributed by atoms with E-state index in [0.29, 0.717) is 10.6 Å². The number of thiophene rings is 1. The van der Waals surface area contributed by atoms with Crippen LogP contribution in [0.1, 0.15) is 46.8 Å². The zero-order valence-corrected chi connectivity index (χ0v) is 19.2. The Kier molecular flexibility index (Phi) is 6.90. The lowest BCUT2D eigenvalue weighted by molar-refractivity contribution is -0.115. The Balaban J connectivity index is 1.60. The SMILES string of the molecule is CCOC(=O)c1c(-c2ccc3c(c2)CCCC3)csc1NC(=O)Cc1ccc(OC)cc1. The molecule has 166 valence electrons. The number of hydrogen-bond acceptors (Lipinski definition) is 5. The van der Waals surface area contributed by atoms with Crippen LogP contribution in [0.2, 0.25) is 0 Å². The predicted octanol–water partition coefficient (Wildman–Crippen LogP) is 5.66. The molecule has 5 nitrogen and oxygen atoms in total. The second-order valence-corrected chi connectivity index (χ2v) is 8.72. The summed E-state index contributed by atoms with van der Waals surface area (Å²) < 4.78 is 10.5. The van der Waals surface area contributed by atoms with Gasteiger partial charge in [-0.25, -0.2) is 4.79 Å². The van der Waals surface area contributed by atoms with Gasteiger partial charge < -0.3 is 14.8 Å². The van der Waals surface area contributed by atoms with Crippen molar-refractivity contribution >= 4 is 28.2 Å². The van der Waals surface area contributed by atoms with E-state index in [1.807, 2.05) is 29.6 Å². The largest absolute Gasteiger partial charge is 0.497 e. The zero-order valence-electron chi connectivity index (χ0n) is 18.4. The summed E-state index contributed by atoms with van der Waals surface area (Å²) in [4.78, 5) is 25.6. The lowest BCUT2D eigenvalue weighted by atomic mass is 9.89. The molecule has 1 aliphatic rings. The van der Waals surface area contributed by atoms with Crippen molar-refractivity contribution in [1.82, 2.24) is 0 Å². The van der Waals surface area contributed by atoms with E-state index in [9.17, 15) is 9.59 Å². The molecule has 1 N–H and O–H groups in total. The highest BCUT2D eigenvalue weighted by molar-refractivity contribution is 7.15. The van der Waals surface area contributed by atoms with E-state index in [1.54, 1.807) is 14.0 Å². The maximum atomic E-state index is 12.8. The summed E-state index contributed by atoms with van der Waals surface area (Å²) in [6.07, 6.45) is 4.79. The van der Waals surface area contributed by atoms with E-state index >= 15 is 0 Å². The molecule has 0 saturated heterocycles. The van der Waals surface area contributed by atoms with Crippen molar-refractivity contribution < 1.29 is 19.1 Å². The minimum absolute atomic E-state index is 0.181. The average molecular weight is 450 g/mol. The predicted molar refractivity (Wildman–Crippen MR) is 128 cm³/mol. The van der Waals surface area contributed by atoms with Gasteiger partial charge in [-0.1, -0.05) is 30.3 Å². The number of hydrogen-bond donors (Lipinski definition) is 1. The fourth-order valence-electron chi connectivity index (χ4n) is 4.07. The Labute approximate surface area is 192 Å². The van der Waals surface area contributed by atoms with Gasteiger partial charge in [-0.3, -0.25) is 4.79 Å². The highest BCUT2D eigenvalue weighted by atomic mass is 32.1. The fraction of sp³-hybridized carbons (Fsp3) is 0.308. The second kappa shape index (κ2) is 10.0. The van der Waals surface area contributed by atoms with Crippen molar-refractivity contribution in [3.8, 4) is 16.9 Å². The number of amides is 1. The van der Waals surface area contributed by atoms with Crippen LogP contribution >= 0.6 is 11.3 Å². The van der Waals surface area contributed by atoms with Gasteiger partial charge in [-0.15, -0.1) is 11.3 Å². The first kappa shape index (κ1) is 22.1. The van der Waals surface area contributed by atoms with E-state index in [0.717, 1.165) is 35.3 Å². The standard InChI is InChI=1S/C26H27NO4S/c1-3-31-26(29)24-22(20-11-10-18-6-4-5-7-19(18)15-20)16-32-25(24)27-23(28)14-17-8-12-21(30-2)13-9-17/h8-13,15-16H,3-7,14H2,1-2H3,(H,27,28). The van der Waals surface area contributed by atoms with Crippen molar-refractivity contribution in [2.24, 2.45) is 0 Å². The second-order valence-electron chi connectivity index (χ2n) is 7.84. The van der Waals surface area contributed by atoms with Gasteiger partial charge in [0.05, 0.1) is 20.1 Å². The van der Waals surface area contributed by atoms with Crippen LogP contribution in [0, 0.1) is 0 Å². The number of carbonyl (C=O) groups is 2. The van der Waals surface area contributed by atoms with Crippen LogP contribution in [0.15, 0.2) is 47.8 Å². The van der Waals surface area contributed by atoms with Crippen LogP contribution in [0.25, 0.3) is 11.1 Å². The van der Waals surface area contributed by atoms with Crippen molar-refractivity contribution in [3.63, 3.8) is 0 Å². The topological polar surface area (TPSA) is 64.6 Å². The van der Waals surface area contributed by atoms with Crippen molar-refractivity contribution in [3.05, 3.63) is 70.1 Å². The number of fused-ring (bicyclic) bond motifs is 1. The lowest BCUT2D eigenvalue weighted by Crippen LogP contribution is -2.16. The maximum absolute atomic E-state index is 12.8. The van der Waals surface area contributed by atoms with Gasteiger partial charge in [-0.05, 0) is 67.0 Å². The summed E-state index contributed by atoms with van der Waals surface area (Å²) in [7, 11) is 1.61. The highest BCUT2D eigenvalue weighted by Crippen LogP contribution is 2.38. The number of anilines is 1. The molecule has 1 amide bonds. The molecule has 1 aliphatic carbocycles. The van der Waals surface area contributed by atoms with E-state index in [4.69, 9.17) is 9.47 Å². The van der Waals surface area contributed by atoms with Gasteiger partial charge in [0, 0.05) is 10.9 Å². The zero-order chi connectivity index (χ0) is 22.5. The van der Waals surface area contributed by atoms with Crippen LogP contribution < -0.4 is 10.1 Å². The van der Waals surface area contributed by atoms with E-state index in [1.165, 1.54) is 35.3 Å². The Morgan fingerprint density at radius 3 is 2.50 bits per heavy atom. The first-order valence-electron chi connectivity index (χ1n) is 10.9. The third-order valence-corrected chi connectivity index (χ3v) is 6.60. The molecule has 6 heteroatoms. The number of carbonyl (C=O) groups excluding carboxylic acids is 2. The molecule has 0 radical (unpaired) electrons. The number of esters is 1. The number of benzene rings is 2. The summed E-state index contributed by atoms with van der Waals surface area (Å²) in [5.41, 5.74) is 5.83. The summed E-state index contributed by atoms with van der Waals surface area (Å²) in [5.74, 6) is 0.146. The Morgan fingerprint density at radius 2 is 1.78 bits per heavy atom. The van der Waals surface area contributed by atoms with Crippen molar-refractivity contribution in [2.45, 2.75) is 39.0 Å². The molecule has 0 saturated carbocycles. The highest BCUT2D eigenvalue weighted by Gasteiger charge is 2.23. The van der Waals surface area contributed by atoms with Gasteiger partial charge in [0.25, 0.3) is 0 Å². The van der Waals surface area contributed by atoms with Gasteiger partial charge in [0.1, 0.15) is 16.3 Å². The van der Waals surface area contributed by atoms with E-state index in [2.05, 4.69) is 23.5 Å². The third kappa shape index (κ3) is 4.86. The summed E-state index contributed by atoms with van der Waals surface area (Å²) in [6, 6.07) is 13.8. The van der Waals surface area contributed by atoms with Gasteiger partial charge in [-0.2, -0.15) is 0 Å². The summed E-state index contributed by atoms with van der Waals surface area (Å²) >= 11 is 1.35. The smallest absolute Gasteiger partial charge is 0.341 e. The average Bonchev–Trinajstić information content (AvgIpc) is 3.22. The molecule has 1 heterocycles. The normalized spacial score (nSPS) is 12.7. The molecule has 0 bridgehead atoms. The number of nitrogens with one attached hydrogen (secondary N) is 1. The number of rotatable bonds is 7. The molecule has 0 aliphatic heterocycles. The molecule has 2 aromatic carbocycles. The van der Waals surface area contributed by atoms with Gasteiger partial charge in [0.2, 0.25) is 5.91 Å². The van der Waals surface area contributed by atoms with Gasteiger partial charge >= 0.3 is 5.97 Å². The molecule has 0 spiro atoms. The summed E-state index contributed by atoms with van der Waals surface area (Å²) in [5, 5.41) is 5.38. The number of methoxy groups -OCH3 is 1. The molecular formula is C26H27NO4S. The molecule has 32 heavy (non-hydrogen) atoms. The van der Waals surface area contributed by atoms with Crippen molar-refractivity contribution in [1.29, 1.82) is 0 Å². The lowest BCUT2D eigenvalue weighted by Gasteiger charge is -2.17. The van der Waals surface area contributed by atoms with E-state index in [-0.39, 0.29) is 18.9 Å². The fourth-order valence-corrected chi connectivity index (χ4v) is 5.04. The van der Waals surface area contributed by atoms with Crippen molar-refractivity contribution in [2.75, 3.05) is 19.0 Å². The Morgan fingerprint density at radius 1 is 1.03 bits per heavy atom. The molecule has 3 aromatic rings. The first-order chi connectivity index (χ1) is 15.6. The quantitative estimate of drug-likeness (QED) is 0.473. The third-order valence-electron chi connectivity index (χ3n) is 5.71. The molecule has 1 aromatic heterocycles. The Hall–Kier alpha value is -3.12.